The molecule has 1 aliphatic carbocycles. The fourth-order valence-corrected chi connectivity index (χ4v) is 5.64. The predicted molar refractivity (Wildman–Crippen MR) is 138 cm³/mol. The van der Waals surface area contributed by atoms with Crippen molar-refractivity contribution >= 4 is 5.97 Å². The average Bonchev–Trinajstić information content (AvgIpc) is 3.75. The number of carbonyl (C=O) groups is 1. The van der Waals surface area contributed by atoms with Crippen molar-refractivity contribution in [3.05, 3.63) is 41.5 Å². The van der Waals surface area contributed by atoms with E-state index < -0.39 is 0 Å². The van der Waals surface area contributed by atoms with Crippen molar-refractivity contribution < 1.29 is 28.5 Å². The number of hydrogen-bond donors (Lipinski definition) is 0. The molecule has 0 radical (unpaired) electrons. The van der Waals surface area contributed by atoms with Gasteiger partial charge >= 0.3 is 5.97 Å². The van der Waals surface area contributed by atoms with E-state index in [0.717, 1.165) is 43.7 Å². The van der Waals surface area contributed by atoms with Gasteiger partial charge in [-0.15, -0.1) is 0 Å². The standard InChI is InChI=1S/C29H43NO6/c1-20(2)7-13-24-28(3,36-24)27-26(32-6)23(15-16-29(27)19-34-29)35-25(31)14-10-21-8-11-22(12-9-21)33-18-17-30(4)5/h7-9,11-12,23-24,26-27H,10,13-19H2,1-6H3/t23-,24-,26-,27-,28?,29?/m1/s1. The first-order chi connectivity index (χ1) is 17.2. The van der Waals surface area contributed by atoms with E-state index >= 15 is 0 Å². The molecular formula is C29H43NO6. The molecule has 1 aromatic rings. The Morgan fingerprint density at radius 2 is 1.94 bits per heavy atom. The van der Waals surface area contributed by atoms with Crippen LogP contribution in [-0.4, -0.2) is 81.3 Å². The smallest absolute Gasteiger partial charge is 0.306 e. The minimum Gasteiger partial charge on any atom is -0.492 e. The number of hydrogen-bond acceptors (Lipinski definition) is 7. The molecule has 4 rings (SSSR count). The van der Waals surface area contributed by atoms with E-state index in [1.165, 1.54) is 5.57 Å². The number of likely N-dealkylation sites (N-methyl/N-ethyl adjacent to an activating group) is 1. The lowest BCUT2D eigenvalue weighted by molar-refractivity contribution is -0.171. The monoisotopic (exact) mass is 501 g/mol. The Balaban J connectivity index is 1.31. The summed E-state index contributed by atoms with van der Waals surface area (Å²) in [6.07, 6.45) is 5.27. The van der Waals surface area contributed by atoms with Crippen LogP contribution in [0.4, 0.5) is 0 Å². The largest absolute Gasteiger partial charge is 0.492 e. The fourth-order valence-electron chi connectivity index (χ4n) is 5.64. The van der Waals surface area contributed by atoms with Crippen molar-refractivity contribution in [1.29, 1.82) is 0 Å². The van der Waals surface area contributed by atoms with Crippen LogP contribution in [0, 0.1) is 5.92 Å². The lowest BCUT2D eigenvalue weighted by atomic mass is 9.68. The predicted octanol–water partition coefficient (Wildman–Crippen LogP) is 4.18. The van der Waals surface area contributed by atoms with Gasteiger partial charge in [-0.2, -0.15) is 0 Å². The van der Waals surface area contributed by atoms with E-state index in [1.807, 2.05) is 38.4 Å². The third kappa shape index (κ3) is 6.31. The molecule has 0 aromatic heterocycles. The van der Waals surface area contributed by atoms with Crippen molar-refractivity contribution in [1.82, 2.24) is 4.90 Å². The summed E-state index contributed by atoms with van der Waals surface area (Å²) >= 11 is 0. The minimum absolute atomic E-state index is 0.0390. The van der Waals surface area contributed by atoms with Crippen LogP contribution in [0.25, 0.3) is 0 Å². The number of carbonyl (C=O) groups excluding carboxylic acids is 1. The van der Waals surface area contributed by atoms with E-state index in [4.69, 9.17) is 23.7 Å². The molecule has 7 heteroatoms. The summed E-state index contributed by atoms with van der Waals surface area (Å²) < 4.78 is 30.0. The molecular weight excluding hydrogens is 458 g/mol. The van der Waals surface area contributed by atoms with Gasteiger partial charge in [-0.1, -0.05) is 23.8 Å². The van der Waals surface area contributed by atoms with E-state index in [2.05, 4.69) is 31.7 Å². The number of rotatable bonds is 12. The molecule has 200 valence electrons. The molecule has 1 saturated carbocycles. The van der Waals surface area contributed by atoms with Crippen LogP contribution < -0.4 is 4.74 Å². The topological polar surface area (TPSA) is 73.1 Å². The Bertz CT molecular complexity index is 920. The molecule has 36 heavy (non-hydrogen) atoms. The number of nitrogens with zero attached hydrogens (tertiary/aromatic N) is 1. The Kier molecular flexibility index (Phi) is 8.45. The van der Waals surface area contributed by atoms with Crippen molar-refractivity contribution in [2.75, 3.05) is 41.0 Å². The molecule has 0 bridgehead atoms. The lowest BCUT2D eigenvalue weighted by Crippen LogP contribution is -2.55. The molecule has 7 nitrogen and oxygen atoms in total. The molecule has 3 fully saturated rings. The number of ether oxygens (including phenoxy) is 5. The number of allylic oxidation sites excluding steroid dienone is 1. The quantitative estimate of drug-likeness (QED) is 0.242. The second-order valence-electron chi connectivity index (χ2n) is 11.2. The van der Waals surface area contributed by atoms with Crippen molar-refractivity contribution in [2.24, 2.45) is 5.92 Å². The summed E-state index contributed by atoms with van der Waals surface area (Å²) in [5.41, 5.74) is 1.83. The van der Waals surface area contributed by atoms with Gasteiger partial charge in [0.05, 0.1) is 18.6 Å². The van der Waals surface area contributed by atoms with Gasteiger partial charge in [0.25, 0.3) is 0 Å². The zero-order valence-corrected chi connectivity index (χ0v) is 22.7. The molecule has 2 saturated heterocycles. The molecule has 2 aliphatic heterocycles. The first-order valence-corrected chi connectivity index (χ1v) is 13.2. The Morgan fingerprint density at radius 3 is 2.56 bits per heavy atom. The maximum atomic E-state index is 12.8. The molecule has 2 unspecified atom stereocenters. The number of esters is 1. The Hall–Kier alpha value is -1.93. The lowest BCUT2D eigenvalue weighted by Gasteiger charge is -2.42. The van der Waals surface area contributed by atoms with Gasteiger partial charge in [-0.05, 0) is 78.2 Å². The summed E-state index contributed by atoms with van der Waals surface area (Å²) in [6.45, 7) is 8.61. The van der Waals surface area contributed by atoms with Crippen molar-refractivity contribution in [3.8, 4) is 5.75 Å². The van der Waals surface area contributed by atoms with Crippen molar-refractivity contribution in [3.63, 3.8) is 0 Å². The minimum atomic E-state index is -0.329. The van der Waals surface area contributed by atoms with E-state index in [1.54, 1.807) is 7.11 Å². The number of aryl methyl sites for hydroxylation is 1. The highest BCUT2D eigenvalue weighted by atomic mass is 16.6. The number of benzene rings is 1. The second-order valence-corrected chi connectivity index (χ2v) is 11.2. The zero-order chi connectivity index (χ0) is 25.9. The highest BCUT2D eigenvalue weighted by Gasteiger charge is 2.72. The van der Waals surface area contributed by atoms with Crippen LogP contribution in [0.1, 0.15) is 52.0 Å². The summed E-state index contributed by atoms with van der Waals surface area (Å²) in [5.74, 6) is 0.689. The molecule has 3 aliphatic rings. The van der Waals surface area contributed by atoms with Crippen LogP contribution in [-0.2, 0) is 30.2 Å². The third-order valence-corrected chi connectivity index (χ3v) is 7.87. The summed E-state index contributed by atoms with van der Waals surface area (Å²) in [5, 5.41) is 0. The third-order valence-electron chi connectivity index (χ3n) is 7.87. The van der Waals surface area contributed by atoms with Crippen LogP contribution >= 0.6 is 0 Å². The fraction of sp³-hybridized carbons (Fsp3) is 0.690. The summed E-state index contributed by atoms with van der Waals surface area (Å²) in [7, 11) is 5.75. The van der Waals surface area contributed by atoms with Gasteiger partial charge < -0.3 is 28.6 Å². The van der Waals surface area contributed by atoms with Gasteiger partial charge in [0.1, 0.15) is 35.8 Å². The second kappa shape index (κ2) is 11.2. The molecule has 1 spiro atoms. The highest BCUT2D eigenvalue weighted by molar-refractivity contribution is 5.70. The van der Waals surface area contributed by atoms with Gasteiger partial charge in [-0.3, -0.25) is 4.79 Å². The van der Waals surface area contributed by atoms with Gasteiger partial charge in [0.2, 0.25) is 0 Å². The molecule has 1 aromatic carbocycles. The van der Waals surface area contributed by atoms with E-state index in [-0.39, 0.29) is 41.4 Å². The molecule has 2 heterocycles. The first kappa shape index (κ1) is 27.1. The van der Waals surface area contributed by atoms with Crippen LogP contribution in [0.15, 0.2) is 35.9 Å². The van der Waals surface area contributed by atoms with Gasteiger partial charge in [0.15, 0.2) is 0 Å². The Morgan fingerprint density at radius 1 is 1.22 bits per heavy atom. The summed E-state index contributed by atoms with van der Waals surface area (Å²) in [6, 6.07) is 7.94. The molecule has 0 N–H and O–H groups in total. The first-order valence-electron chi connectivity index (χ1n) is 13.2. The Labute approximate surface area is 216 Å². The maximum Gasteiger partial charge on any atom is 0.306 e. The SMILES string of the molecule is CO[C@@H]1[C@H](OC(=O)CCc2ccc(OCCN(C)C)cc2)CCC2(CO2)[C@H]1C1(C)O[C@@H]1CC=C(C)C. The van der Waals surface area contributed by atoms with E-state index in [0.29, 0.717) is 19.4 Å². The number of methoxy groups -OCH3 is 1. The van der Waals surface area contributed by atoms with Crippen LogP contribution in [0.5, 0.6) is 5.75 Å². The normalized spacial score (nSPS) is 32.9. The van der Waals surface area contributed by atoms with Gasteiger partial charge in [0, 0.05) is 20.1 Å². The van der Waals surface area contributed by atoms with E-state index in [9.17, 15) is 4.79 Å². The molecule has 6 atom stereocenters. The number of epoxide rings is 2. The zero-order valence-electron chi connectivity index (χ0n) is 22.7. The highest BCUT2D eigenvalue weighted by Crippen LogP contribution is 2.59. The maximum absolute atomic E-state index is 12.8. The van der Waals surface area contributed by atoms with Gasteiger partial charge in [-0.25, -0.2) is 0 Å². The summed E-state index contributed by atoms with van der Waals surface area (Å²) in [4.78, 5) is 14.9. The average molecular weight is 502 g/mol. The molecule has 0 amide bonds. The van der Waals surface area contributed by atoms with Crippen LogP contribution in [0.3, 0.4) is 0 Å². The van der Waals surface area contributed by atoms with Crippen molar-refractivity contribution in [2.45, 2.75) is 82.4 Å². The van der Waals surface area contributed by atoms with Crippen LogP contribution in [0.2, 0.25) is 0 Å².